The molecule has 9 nitrogen and oxygen atoms in total. The quantitative estimate of drug-likeness (QED) is 0.497. The van der Waals surface area contributed by atoms with Crippen LogP contribution in [0.15, 0.2) is 0 Å². The van der Waals surface area contributed by atoms with Crippen LogP contribution in [0.5, 0.6) is 0 Å². The van der Waals surface area contributed by atoms with E-state index in [2.05, 4.69) is 0 Å². The van der Waals surface area contributed by atoms with Crippen molar-refractivity contribution in [3.8, 4) is 0 Å². The van der Waals surface area contributed by atoms with Crippen LogP contribution in [0.25, 0.3) is 0 Å². The first-order valence-corrected chi connectivity index (χ1v) is 6.54. The number of hydrogen-bond acceptors (Lipinski definition) is 9. The first kappa shape index (κ1) is 12.2. The first-order valence-electron chi connectivity index (χ1n) is 6.54. The summed E-state index contributed by atoms with van der Waals surface area (Å²) in [6.07, 6.45) is 0. The fraction of sp³-hybridized carbons (Fsp3) is 1.00. The van der Waals surface area contributed by atoms with Gasteiger partial charge in [-0.05, 0) is 0 Å². The zero-order valence-electron chi connectivity index (χ0n) is 10.6. The van der Waals surface area contributed by atoms with Gasteiger partial charge < -0.3 is 34.3 Å². The molecule has 4 bridgehead atoms. The Bertz CT molecular complexity index is 465. The van der Waals surface area contributed by atoms with Crippen LogP contribution in [0.4, 0.5) is 0 Å². The minimum atomic E-state index is -1.49. The summed E-state index contributed by atoms with van der Waals surface area (Å²) in [6.45, 7) is -1.00. The van der Waals surface area contributed by atoms with Crippen molar-refractivity contribution in [3.05, 3.63) is 0 Å². The molecule has 5 saturated heterocycles. The Hall–Kier alpha value is -0.360. The summed E-state index contributed by atoms with van der Waals surface area (Å²) < 4.78 is 28.9. The molecule has 0 aliphatic carbocycles. The summed E-state index contributed by atoms with van der Waals surface area (Å²) >= 11 is 0. The van der Waals surface area contributed by atoms with Gasteiger partial charge in [0.15, 0.2) is 11.3 Å². The van der Waals surface area contributed by atoms with Crippen molar-refractivity contribution < 1.29 is 39.0 Å². The number of morpholine rings is 1. The van der Waals surface area contributed by atoms with Crippen LogP contribution < -0.4 is 0 Å². The highest BCUT2D eigenvalue weighted by molar-refractivity contribution is 5.32. The molecule has 112 valence electrons. The number of aliphatic hydroxyl groups excluding tert-OH is 3. The number of nitrogens with zero attached hydrogens (tertiary/aromatic N) is 1. The predicted molar refractivity (Wildman–Crippen MR) is 56.8 cm³/mol. The Morgan fingerprint density at radius 3 is 2.20 bits per heavy atom. The highest BCUT2D eigenvalue weighted by Gasteiger charge is 2.95. The van der Waals surface area contributed by atoms with Crippen LogP contribution in [-0.4, -0.2) is 88.6 Å². The van der Waals surface area contributed by atoms with Crippen molar-refractivity contribution in [1.29, 1.82) is 0 Å². The second kappa shape index (κ2) is 3.05. The molecule has 0 saturated carbocycles. The van der Waals surface area contributed by atoms with Crippen LogP contribution in [0.3, 0.4) is 0 Å². The maximum Gasteiger partial charge on any atom is 0.260 e. The maximum atomic E-state index is 10.1. The summed E-state index contributed by atoms with van der Waals surface area (Å²) in [4.78, 5) is 1.58. The van der Waals surface area contributed by atoms with Crippen LogP contribution >= 0.6 is 0 Å². The Labute approximate surface area is 113 Å². The molecule has 9 heteroatoms. The van der Waals surface area contributed by atoms with E-state index < -0.39 is 35.4 Å². The van der Waals surface area contributed by atoms with E-state index in [9.17, 15) is 15.3 Å². The van der Waals surface area contributed by atoms with Gasteiger partial charge in [-0.2, -0.15) is 4.90 Å². The molecule has 5 atom stereocenters. The number of hydrogen-bond donors (Lipinski definition) is 3. The molecule has 2 spiro atoms. The van der Waals surface area contributed by atoms with E-state index in [0.29, 0.717) is 0 Å². The number of fused-ring (bicyclic) bond motifs is 4. The van der Waals surface area contributed by atoms with Gasteiger partial charge in [0.1, 0.15) is 19.8 Å². The lowest BCUT2D eigenvalue weighted by atomic mass is 9.81. The van der Waals surface area contributed by atoms with Crippen molar-refractivity contribution in [2.24, 2.45) is 0 Å². The average molecular weight is 289 g/mol. The van der Waals surface area contributed by atoms with Gasteiger partial charge in [-0.3, -0.25) is 4.74 Å². The van der Waals surface area contributed by atoms with Crippen molar-refractivity contribution in [2.75, 3.05) is 39.6 Å². The standard InChI is InChI=1S/C11H15NO8/c13-1-7-4-16-9(19-7)5-17-10-6-18-11(3-15,20-10)12(7)8(9,10)2-14/h13-15H,1-6H2. The van der Waals surface area contributed by atoms with Gasteiger partial charge in [0, 0.05) is 0 Å². The number of rotatable bonds is 3. The second-order valence-electron chi connectivity index (χ2n) is 5.90. The highest BCUT2D eigenvalue weighted by atomic mass is 16.9. The van der Waals surface area contributed by atoms with Crippen molar-refractivity contribution in [1.82, 2.24) is 4.90 Å². The Morgan fingerprint density at radius 2 is 1.50 bits per heavy atom. The minimum absolute atomic E-state index is 0.0561. The van der Waals surface area contributed by atoms with Gasteiger partial charge in [0.25, 0.3) is 5.91 Å². The molecule has 0 aromatic carbocycles. The van der Waals surface area contributed by atoms with E-state index >= 15 is 0 Å². The number of ether oxygens (including phenoxy) is 5. The van der Waals surface area contributed by atoms with Crippen molar-refractivity contribution in [2.45, 2.75) is 28.7 Å². The molecular weight excluding hydrogens is 274 g/mol. The average Bonchev–Trinajstić information content (AvgIpc) is 3.22. The number of aliphatic hydroxyl groups is 3. The van der Waals surface area contributed by atoms with Crippen molar-refractivity contribution >= 4 is 0 Å². The predicted octanol–water partition coefficient (Wildman–Crippen LogP) is -3.10. The maximum absolute atomic E-state index is 10.1. The van der Waals surface area contributed by atoms with Crippen molar-refractivity contribution in [3.63, 3.8) is 0 Å². The topological polar surface area (TPSA) is 110 Å². The first-order chi connectivity index (χ1) is 9.58. The largest absolute Gasteiger partial charge is 0.394 e. The molecule has 5 aliphatic rings. The third-order valence-corrected chi connectivity index (χ3v) is 5.26. The van der Waals surface area contributed by atoms with Crippen LogP contribution in [0.1, 0.15) is 0 Å². The third kappa shape index (κ3) is 0.810. The van der Waals surface area contributed by atoms with Gasteiger partial charge in [0.2, 0.25) is 11.6 Å². The van der Waals surface area contributed by atoms with Crippen LogP contribution in [0.2, 0.25) is 0 Å². The summed E-state index contributed by atoms with van der Waals surface area (Å²) in [5, 5.41) is 29.6. The van der Waals surface area contributed by atoms with Gasteiger partial charge in [-0.15, -0.1) is 0 Å². The minimum Gasteiger partial charge on any atom is -0.394 e. The van der Waals surface area contributed by atoms with Gasteiger partial charge in [0.05, 0.1) is 19.8 Å². The fourth-order valence-corrected chi connectivity index (χ4v) is 4.53. The SMILES string of the molecule is OCC12COC3(COC45COC(CO)(O4)N1C35CO)O2. The lowest BCUT2D eigenvalue weighted by Crippen LogP contribution is -2.77. The third-order valence-electron chi connectivity index (χ3n) is 5.26. The summed E-state index contributed by atoms with van der Waals surface area (Å²) in [7, 11) is 0. The van der Waals surface area contributed by atoms with E-state index in [1.807, 2.05) is 0 Å². The molecular formula is C11H15NO8. The molecule has 0 radical (unpaired) electrons. The molecule has 3 N–H and O–H groups in total. The van der Waals surface area contributed by atoms with Gasteiger partial charge in [-0.1, -0.05) is 0 Å². The molecule has 20 heavy (non-hydrogen) atoms. The molecule has 0 amide bonds. The summed E-state index contributed by atoms with van der Waals surface area (Å²) in [6, 6.07) is 0. The van der Waals surface area contributed by atoms with Crippen LogP contribution in [-0.2, 0) is 23.7 Å². The summed E-state index contributed by atoms with van der Waals surface area (Å²) in [5.41, 5.74) is -2.36. The monoisotopic (exact) mass is 289 g/mol. The normalized spacial score (nSPS) is 62.5. The Morgan fingerprint density at radius 1 is 0.800 bits per heavy atom. The molecule has 5 aliphatic heterocycles. The van der Waals surface area contributed by atoms with E-state index in [-0.39, 0.29) is 33.0 Å². The zero-order valence-corrected chi connectivity index (χ0v) is 10.6. The lowest BCUT2D eigenvalue weighted by molar-refractivity contribution is -0.315. The lowest BCUT2D eigenvalue weighted by Gasteiger charge is -2.50. The van der Waals surface area contributed by atoms with E-state index in [1.165, 1.54) is 0 Å². The zero-order chi connectivity index (χ0) is 13.9. The van der Waals surface area contributed by atoms with Gasteiger partial charge in [-0.25, -0.2) is 0 Å². The Balaban J connectivity index is 1.80. The molecule has 5 fully saturated rings. The Kier molecular flexibility index (Phi) is 1.86. The molecule has 5 rings (SSSR count). The highest BCUT2D eigenvalue weighted by Crippen LogP contribution is 2.71. The van der Waals surface area contributed by atoms with E-state index in [4.69, 9.17) is 23.7 Å². The molecule has 5 heterocycles. The fourth-order valence-electron chi connectivity index (χ4n) is 4.53. The molecule has 5 unspecified atom stereocenters. The van der Waals surface area contributed by atoms with E-state index in [0.717, 1.165) is 0 Å². The smallest absolute Gasteiger partial charge is 0.260 e. The van der Waals surface area contributed by atoms with Crippen LogP contribution in [0, 0.1) is 0 Å². The second-order valence-corrected chi connectivity index (χ2v) is 5.90. The van der Waals surface area contributed by atoms with E-state index in [1.54, 1.807) is 4.90 Å². The summed E-state index contributed by atoms with van der Waals surface area (Å²) in [5.74, 6) is -3.97. The molecule has 0 aromatic rings. The molecule has 0 aromatic heterocycles. The van der Waals surface area contributed by atoms with Gasteiger partial charge >= 0.3 is 0 Å².